The fourth-order valence-electron chi connectivity index (χ4n) is 7.44. The molecule has 9 aromatic heterocycles. The average Bonchev–Trinajstić information content (AvgIpc) is 4.28. The van der Waals surface area contributed by atoms with Crippen LogP contribution >= 0.6 is 68.8 Å². The summed E-state index contributed by atoms with van der Waals surface area (Å²) in [5, 5.41) is 16.7. The number of hydrogen-bond donors (Lipinski definition) is 3. The third kappa shape index (κ3) is 10.6. The topological polar surface area (TPSA) is 139 Å². The van der Waals surface area contributed by atoms with Crippen molar-refractivity contribution in [2.45, 2.75) is 0 Å². The van der Waals surface area contributed by atoms with Crippen LogP contribution in [0.2, 0.25) is 15.1 Å². The van der Waals surface area contributed by atoms with E-state index in [2.05, 4.69) is 30.9 Å². The summed E-state index contributed by atoms with van der Waals surface area (Å²) in [5.74, 6) is 1.38. The van der Waals surface area contributed by atoms with Gasteiger partial charge in [0.1, 0.15) is 51.5 Å². The van der Waals surface area contributed by atoms with E-state index in [0.29, 0.717) is 49.2 Å². The maximum absolute atomic E-state index is 12.6. The van der Waals surface area contributed by atoms with E-state index in [4.69, 9.17) is 34.8 Å². The SMILES string of the molecule is O=C(Nc1c(-c2cccs2)nc2ccccn12)c1ccc(Cl)cc1.O=C(Nc1c(-c2cccs2)nc2ccccn12)c1ccc(Cl)cc1.O=C(Nc1c(-c2cccs2)nc2ccccn12)c1ccc(Cl)cc1. The molecule has 0 saturated heterocycles. The highest BCUT2D eigenvalue weighted by atomic mass is 35.5. The monoisotopic (exact) mass is 1060 g/mol. The fraction of sp³-hybridized carbons (Fsp3) is 0. The zero-order valence-electron chi connectivity index (χ0n) is 37.3. The Kier molecular flexibility index (Phi) is 14.3. The first-order valence-electron chi connectivity index (χ1n) is 21.9. The fourth-order valence-corrected chi connectivity index (χ4v) is 9.97. The Bertz CT molecular complexity index is 3420. The van der Waals surface area contributed by atoms with Crippen LogP contribution in [0.25, 0.3) is 48.7 Å². The summed E-state index contributed by atoms with van der Waals surface area (Å²) < 4.78 is 5.63. The molecule has 3 amide bonds. The van der Waals surface area contributed by atoms with Gasteiger partial charge in [0.25, 0.3) is 17.7 Å². The number of carbonyl (C=O) groups is 3. The lowest BCUT2D eigenvalue weighted by Gasteiger charge is -2.07. The maximum atomic E-state index is 12.6. The second kappa shape index (κ2) is 21.6. The number of nitrogens with one attached hydrogen (secondary N) is 3. The highest BCUT2D eigenvalue weighted by molar-refractivity contribution is 7.14. The molecular weight excluding hydrogens is 1030 g/mol. The number of imidazole rings is 3. The van der Waals surface area contributed by atoms with Gasteiger partial charge in [-0.1, -0.05) is 71.2 Å². The Morgan fingerprint density at radius 2 is 0.639 bits per heavy atom. The quantitative estimate of drug-likeness (QED) is 0.132. The van der Waals surface area contributed by atoms with E-state index in [1.165, 1.54) is 0 Å². The first-order valence-corrected chi connectivity index (χ1v) is 25.7. The van der Waals surface area contributed by atoms with Gasteiger partial charge in [-0.25, -0.2) is 15.0 Å². The maximum Gasteiger partial charge on any atom is 0.256 e. The van der Waals surface area contributed by atoms with E-state index in [9.17, 15) is 14.4 Å². The van der Waals surface area contributed by atoms with Crippen molar-refractivity contribution >= 4 is 121 Å². The molecule has 0 aliphatic rings. The lowest BCUT2D eigenvalue weighted by molar-refractivity contribution is 0.101. The predicted molar refractivity (Wildman–Crippen MR) is 294 cm³/mol. The van der Waals surface area contributed by atoms with E-state index in [1.807, 2.05) is 139 Å². The molecule has 72 heavy (non-hydrogen) atoms. The molecule has 9 heterocycles. The van der Waals surface area contributed by atoms with Crippen molar-refractivity contribution in [1.82, 2.24) is 28.2 Å². The molecule has 0 aliphatic heterocycles. The molecule has 18 heteroatoms. The number of hydrogen-bond acceptors (Lipinski definition) is 9. The summed E-state index contributed by atoms with van der Waals surface area (Å²) in [6, 6.07) is 49.5. The third-order valence-corrected chi connectivity index (χ3v) is 14.3. The Balaban J connectivity index is 0.000000124. The van der Waals surface area contributed by atoms with Crippen LogP contribution in [0.1, 0.15) is 31.1 Å². The van der Waals surface area contributed by atoms with Crippen LogP contribution in [0, 0.1) is 0 Å². The number of anilines is 3. The van der Waals surface area contributed by atoms with Gasteiger partial charge in [0.05, 0.1) is 14.6 Å². The largest absolute Gasteiger partial charge is 0.306 e. The van der Waals surface area contributed by atoms with Crippen molar-refractivity contribution in [3.63, 3.8) is 0 Å². The molecule has 0 aliphatic carbocycles. The highest BCUT2D eigenvalue weighted by Crippen LogP contribution is 2.35. The molecule has 12 nitrogen and oxygen atoms in total. The molecule has 0 unspecified atom stereocenters. The summed E-state index contributed by atoms with van der Waals surface area (Å²) in [5.41, 5.74) is 6.27. The first kappa shape index (κ1) is 47.8. The molecule has 0 saturated carbocycles. The van der Waals surface area contributed by atoms with Crippen molar-refractivity contribution in [2.24, 2.45) is 0 Å². The summed E-state index contributed by atoms with van der Waals surface area (Å²) in [6.45, 7) is 0. The van der Waals surface area contributed by atoms with Crippen LogP contribution in [-0.2, 0) is 0 Å². The van der Waals surface area contributed by atoms with Crippen LogP contribution in [0.4, 0.5) is 17.5 Å². The Morgan fingerprint density at radius 1 is 0.361 bits per heavy atom. The second-order valence-corrected chi connectivity index (χ2v) is 19.7. The van der Waals surface area contributed by atoms with Crippen molar-refractivity contribution < 1.29 is 14.4 Å². The average molecular weight is 1060 g/mol. The van der Waals surface area contributed by atoms with E-state index in [1.54, 1.807) is 107 Å². The molecule has 0 radical (unpaired) electrons. The standard InChI is InChI=1S/3C18H12ClN3OS/c3*19-13-8-6-12(7-9-13)18(23)21-17-16(14-4-3-11-24-14)20-15-5-1-2-10-22(15)17/h3*1-11H,(H,21,23). The number of halogens is 3. The third-order valence-electron chi connectivity index (χ3n) is 10.9. The number of carbonyl (C=O) groups excluding carboxylic acids is 3. The van der Waals surface area contributed by atoms with Gasteiger partial charge >= 0.3 is 0 Å². The molecule has 12 aromatic rings. The van der Waals surface area contributed by atoms with E-state index < -0.39 is 0 Å². The minimum Gasteiger partial charge on any atom is -0.306 e. The summed E-state index contributed by atoms with van der Waals surface area (Å²) in [7, 11) is 0. The summed E-state index contributed by atoms with van der Waals surface area (Å²) in [4.78, 5) is 54.8. The zero-order chi connectivity index (χ0) is 49.6. The molecule has 3 N–H and O–H groups in total. The molecule has 0 atom stereocenters. The van der Waals surface area contributed by atoms with Crippen LogP contribution in [0.5, 0.6) is 0 Å². The lowest BCUT2D eigenvalue weighted by Crippen LogP contribution is -2.13. The Labute approximate surface area is 438 Å². The Morgan fingerprint density at radius 3 is 0.889 bits per heavy atom. The van der Waals surface area contributed by atoms with Crippen molar-refractivity contribution in [1.29, 1.82) is 0 Å². The van der Waals surface area contributed by atoms with E-state index >= 15 is 0 Å². The van der Waals surface area contributed by atoms with Crippen molar-refractivity contribution in [2.75, 3.05) is 16.0 Å². The molecular formula is C54H36Cl3N9O3S3. The predicted octanol–water partition coefficient (Wildman–Crippen LogP) is 14.9. The highest BCUT2D eigenvalue weighted by Gasteiger charge is 2.21. The van der Waals surface area contributed by atoms with Gasteiger partial charge in [0, 0.05) is 50.3 Å². The number of aromatic nitrogens is 6. The zero-order valence-corrected chi connectivity index (χ0v) is 42.0. The molecule has 0 bridgehead atoms. The van der Waals surface area contributed by atoms with Gasteiger partial charge in [-0.2, -0.15) is 0 Å². The molecule has 0 spiro atoms. The summed E-state index contributed by atoms with van der Waals surface area (Å²) >= 11 is 22.4. The van der Waals surface area contributed by atoms with Gasteiger partial charge in [-0.3, -0.25) is 27.6 Å². The van der Waals surface area contributed by atoms with Gasteiger partial charge in [-0.15, -0.1) is 34.0 Å². The normalized spacial score (nSPS) is 10.9. The van der Waals surface area contributed by atoms with Gasteiger partial charge in [0.15, 0.2) is 0 Å². The molecule has 0 fully saturated rings. The Hall–Kier alpha value is -7.89. The number of rotatable bonds is 9. The first-order chi connectivity index (χ1) is 35.2. The van der Waals surface area contributed by atoms with Crippen molar-refractivity contribution in [3.05, 3.63) is 230 Å². The number of benzene rings is 3. The molecule has 354 valence electrons. The van der Waals surface area contributed by atoms with Crippen molar-refractivity contribution in [3.8, 4) is 31.7 Å². The molecule has 12 rings (SSSR count). The lowest BCUT2D eigenvalue weighted by atomic mass is 10.2. The minimum absolute atomic E-state index is 0.199. The summed E-state index contributed by atoms with van der Waals surface area (Å²) in [6.07, 6.45) is 5.66. The van der Waals surface area contributed by atoms with Gasteiger partial charge in [0.2, 0.25) is 0 Å². The van der Waals surface area contributed by atoms with Crippen LogP contribution in [0.3, 0.4) is 0 Å². The number of thiophene rings is 3. The minimum atomic E-state index is -0.199. The smallest absolute Gasteiger partial charge is 0.256 e. The molecule has 3 aromatic carbocycles. The van der Waals surface area contributed by atoms with Crippen LogP contribution < -0.4 is 16.0 Å². The van der Waals surface area contributed by atoms with E-state index in [0.717, 1.165) is 48.7 Å². The van der Waals surface area contributed by atoms with E-state index in [-0.39, 0.29) is 17.7 Å². The number of nitrogens with zero attached hydrogens (tertiary/aromatic N) is 6. The van der Waals surface area contributed by atoms with Crippen LogP contribution in [0.15, 0.2) is 199 Å². The van der Waals surface area contributed by atoms with Gasteiger partial charge in [-0.05, 0) is 144 Å². The van der Waals surface area contributed by atoms with Gasteiger partial charge < -0.3 is 16.0 Å². The number of fused-ring (bicyclic) bond motifs is 3. The van der Waals surface area contributed by atoms with Crippen LogP contribution in [-0.4, -0.2) is 45.9 Å². The number of pyridine rings is 3. The second-order valence-electron chi connectivity index (χ2n) is 15.5. The number of amides is 3.